The van der Waals surface area contributed by atoms with E-state index in [4.69, 9.17) is 0 Å². The topological polar surface area (TPSA) is 123 Å². The molecule has 2 heterocycles. The molecule has 0 radical (unpaired) electrons. The molecule has 0 aliphatic heterocycles. The van der Waals surface area contributed by atoms with E-state index in [1.54, 1.807) is 17.4 Å². The number of thiophene rings is 2. The molecule has 336 valence electrons. The fraction of sp³-hybridized carbons (Fsp3) is 0.510. The number of nitrogens with one attached hydrogen (secondary N) is 4. The minimum Gasteiger partial charge on any atom is -0.356 e. The van der Waals surface area contributed by atoms with Crippen LogP contribution in [0.1, 0.15) is 104 Å². The average molecular weight is 887 g/mol. The number of carbonyl (C=O) groups excluding carboxylic acids is 4. The first-order valence-corrected chi connectivity index (χ1v) is 24.0. The summed E-state index contributed by atoms with van der Waals surface area (Å²) in [6.07, 6.45) is 11.1. The molecule has 4 N–H and O–H groups in total. The van der Waals surface area contributed by atoms with Crippen molar-refractivity contribution >= 4 is 46.3 Å². The maximum absolute atomic E-state index is 13.2. The van der Waals surface area contributed by atoms with Gasteiger partial charge in [-0.15, -0.1) is 22.7 Å². The molecule has 0 atom stereocenters. The highest BCUT2D eigenvalue weighted by molar-refractivity contribution is 7.10. The Morgan fingerprint density at radius 3 is 1.74 bits per heavy atom. The maximum Gasteiger partial charge on any atom is 0.220 e. The van der Waals surface area contributed by atoms with Crippen molar-refractivity contribution in [1.29, 1.82) is 0 Å². The second-order valence-corrected chi connectivity index (χ2v) is 19.1. The Balaban J connectivity index is 0.000000235. The number of amides is 4. The van der Waals surface area contributed by atoms with Gasteiger partial charge < -0.3 is 21.3 Å². The highest BCUT2D eigenvalue weighted by Gasteiger charge is 2.40. The first-order chi connectivity index (χ1) is 29.9. The van der Waals surface area contributed by atoms with Gasteiger partial charge in [-0.1, -0.05) is 54.6 Å². The molecule has 10 nitrogen and oxygen atoms in total. The molecule has 0 unspecified atom stereocenters. The molecule has 0 bridgehead atoms. The van der Waals surface area contributed by atoms with Gasteiger partial charge in [0.05, 0.1) is 5.54 Å². The number of halogens is 1. The van der Waals surface area contributed by atoms with Crippen LogP contribution in [0, 0.1) is 5.82 Å². The molecule has 62 heavy (non-hydrogen) atoms. The fourth-order valence-corrected chi connectivity index (χ4v) is 10.7. The lowest BCUT2D eigenvalue weighted by Crippen LogP contribution is -2.48. The van der Waals surface area contributed by atoms with Gasteiger partial charge in [0.1, 0.15) is 5.82 Å². The van der Waals surface area contributed by atoms with Crippen molar-refractivity contribution < 1.29 is 23.6 Å². The summed E-state index contributed by atoms with van der Waals surface area (Å²) in [4.78, 5) is 56.0. The van der Waals surface area contributed by atoms with Gasteiger partial charge >= 0.3 is 0 Å². The third-order valence-corrected chi connectivity index (χ3v) is 14.6. The number of hydrogen-bond acceptors (Lipinski definition) is 8. The maximum atomic E-state index is 13.2. The van der Waals surface area contributed by atoms with Crippen LogP contribution in [-0.2, 0) is 43.1 Å². The third-order valence-electron chi connectivity index (χ3n) is 12.6. The van der Waals surface area contributed by atoms with Gasteiger partial charge in [0.2, 0.25) is 23.6 Å². The molecular weight excluding hydrogens is 820 g/mol. The summed E-state index contributed by atoms with van der Waals surface area (Å²) in [6.45, 7) is 1.09. The monoisotopic (exact) mass is 886 g/mol. The molecule has 4 amide bonds. The molecule has 0 spiro atoms. The average Bonchev–Trinajstić information content (AvgIpc) is 4.00. The summed E-state index contributed by atoms with van der Waals surface area (Å²) < 4.78 is 13.2. The summed E-state index contributed by atoms with van der Waals surface area (Å²) in [7, 11) is 8.56. The zero-order valence-corrected chi connectivity index (χ0v) is 38.7. The highest BCUT2D eigenvalue weighted by atomic mass is 32.1. The molecule has 2 fully saturated rings. The van der Waals surface area contributed by atoms with E-state index in [1.165, 1.54) is 27.5 Å². The van der Waals surface area contributed by atoms with Crippen molar-refractivity contribution in [2.75, 3.05) is 41.3 Å². The summed E-state index contributed by atoms with van der Waals surface area (Å²) >= 11 is 3.53. The van der Waals surface area contributed by atoms with Crippen molar-refractivity contribution in [3.05, 3.63) is 116 Å². The normalized spacial score (nSPS) is 21.1. The predicted octanol–water partition coefficient (Wildman–Crippen LogP) is 7.94. The number of carbonyl (C=O) groups is 4. The van der Waals surface area contributed by atoms with Crippen molar-refractivity contribution in [2.24, 2.45) is 0 Å². The van der Waals surface area contributed by atoms with Crippen molar-refractivity contribution in [3.8, 4) is 0 Å². The second kappa shape index (κ2) is 24.4. The van der Waals surface area contributed by atoms with Crippen LogP contribution in [0.25, 0.3) is 0 Å². The van der Waals surface area contributed by atoms with Crippen LogP contribution >= 0.6 is 22.7 Å². The Morgan fingerprint density at radius 2 is 1.16 bits per heavy atom. The van der Waals surface area contributed by atoms with Gasteiger partial charge in [0.25, 0.3) is 0 Å². The summed E-state index contributed by atoms with van der Waals surface area (Å²) in [5.41, 5.74) is 2.26. The third kappa shape index (κ3) is 14.6. The van der Waals surface area contributed by atoms with Gasteiger partial charge in [-0.3, -0.25) is 29.0 Å². The number of hydrogen-bond donors (Lipinski definition) is 4. The molecule has 2 aliphatic carbocycles. The first kappa shape index (κ1) is 48.6. The van der Waals surface area contributed by atoms with Crippen LogP contribution in [0.5, 0.6) is 0 Å². The van der Waals surface area contributed by atoms with Gasteiger partial charge in [-0.2, -0.15) is 0 Å². The van der Waals surface area contributed by atoms with Gasteiger partial charge in [0.15, 0.2) is 0 Å². The Hall–Kier alpha value is -4.43. The predicted molar refractivity (Wildman–Crippen MR) is 250 cm³/mol. The molecule has 2 aromatic carbocycles. The lowest BCUT2D eigenvalue weighted by atomic mass is 9.74. The Labute approximate surface area is 376 Å². The van der Waals surface area contributed by atoms with Crippen LogP contribution in [0.15, 0.2) is 89.6 Å². The Bertz CT molecular complexity index is 1960. The summed E-state index contributed by atoms with van der Waals surface area (Å²) in [5.74, 6) is -0.411. The number of nitrogens with zero attached hydrogens (tertiary/aromatic N) is 2. The van der Waals surface area contributed by atoms with Gasteiger partial charge in [-0.05, 0) is 145 Å². The Kier molecular flexibility index (Phi) is 19.1. The molecule has 4 aromatic rings. The van der Waals surface area contributed by atoms with E-state index >= 15 is 0 Å². The molecule has 6 rings (SSSR count). The standard InChI is InChI=1S/C26H34FN3O2.C23H33N3O2S2/c1-30(2)26(21-8-4-3-5-9-21)16-13-23(14-17-26)29-25(32)12-11-24(31)28-18-15-20-7-6-10-22(27)19-20;1-26(2)23(20-7-5-17-30-20)13-10-18(11-14-23)25-22(28)9-3-8-21(27)24-15-12-19-6-4-16-29-19/h3-10,19,23H,11-18H2,1-2H3,(H,28,31)(H,29,32);4-7,16-18H,3,8-15H2,1-2H3,(H,24,27)(H,25,28). The molecule has 2 aromatic heterocycles. The van der Waals surface area contributed by atoms with Crippen LogP contribution in [0.4, 0.5) is 4.39 Å². The lowest BCUT2D eigenvalue weighted by molar-refractivity contribution is -0.127. The quantitative estimate of drug-likeness (QED) is 0.0759. The smallest absolute Gasteiger partial charge is 0.220 e. The minimum atomic E-state index is -0.278. The molecule has 2 saturated carbocycles. The van der Waals surface area contributed by atoms with E-state index in [0.717, 1.165) is 63.4 Å². The molecular formula is C49H67FN6O4S2. The number of benzene rings is 2. The van der Waals surface area contributed by atoms with Gasteiger partial charge in [0, 0.05) is 66.1 Å². The van der Waals surface area contributed by atoms with Crippen molar-refractivity contribution in [2.45, 2.75) is 119 Å². The van der Waals surface area contributed by atoms with Crippen LogP contribution < -0.4 is 21.3 Å². The van der Waals surface area contributed by atoms with E-state index in [2.05, 4.69) is 107 Å². The van der Waals surface area contributed by atoms with E-state index in [1.807, 2.05) is 34.9 Å². The molecule has 13 heteroatoms. The lowest BCUT2D eigenvalue weighted by Gasteiger charge is -2.45. The second-order valence-electron chi connectivity index (χ2n) is 17.1. The minimum absolute atomic E-state index is 0.00401. The van der Waals surface area contributed by atoms with Crippen molar-refractivity contribution in [3.63, 3.8) is 0 Å². The molecule has 2 aliphatic rings. The van der Waals surface area contributed by atoms with E-state index in [0.29, 0.717) is 38.8 Å². The SMILES string of the molecule is CN(C)C1(c2ccccc2)CCC(NC(=O)CCC(=O)NCCc2cccc(F)c2)CC1.CN(C)C1(c2cccs2)CCC(NC(=O)CCCC(=O)NCCc2cccs2)CC1. The van der Waals surface area contributed by atoms with Crippen molar-refractivity contribution in [1.82, 2.24) is 31.1 Å². The van der Waals surface area contributed by atoms with E-state index < -0.39 is 0 Å². The summed E-state index contributed by atoms with van der Waals surface area (Å²) in [6, 6.07) is 25.8. The largest absolute Gasteiger partial charge is 0.356 e. The molecule has 0 saturated heterocycles. The first-order valence-electron chi connectivity index (χ1n) is 22.2. The van der Waals surface area contributed by atoms with E-state index in [9.17, 15) is 23.6 Å². The zero-order chi connectivity index (χ0) is 44.4. The number of rotatable bonds is 19. The van der Waals surface area contributed by atoms with Crippen LogP contribution in [-0.4, -0.2) is 86.8 Å². The Morgan fingerprint density at radius 1 is 0.613 bits per heavy atom. The van der Waals surface area contributed by atoms with Crippen LogP contribution in [0.2, 0.25) is 0 Å². The highest BCUT2D eigenvalue weighted by Crippen LogP contribution is 2.43. The fourth-order valence-electron chi connectivity index (χ4n) is 8.91. The zero-order valence-electron chi connectivity index (χ0n) is 37.1. The van der Waals surface area contributed by atoms with Crippen LogP contribution in [0.3, 0.4) is 0 Å². The summed E-state index contributed by atoms with van der Waals surface area (Å²) in [5, 5.41) is 16.2. The van der Waals surface area contributed by atoms with E-state index in [-0.39, 0.29) is 65.4 Å². The van der Waals surface area contributed by atoms with Gasteiger partial charge in [-0.25, -0.2) is 4.39 Å².